The van der Waals surface area contributed by atoms with Gasteiger partial charge in [-0.25, -0.2) is 0 Å². The quantitative estimate of drug-likeness (QED) is 0.124. The number of hydrogen-bond acceptors (Lipinski definition) is 2. The Bertz CT molecular complexity index is 409. The summed E-state index contributed by atoms with van der Waals surface area (Å²) in [6.07, 6.45) is 25.7. The zero-order valence-electron chi connectivity index (χ0n) is 22.1. The van der Waals surface area contributed by atoms with Crippen LogP contribution in [-0.2, 0) is 9.59 Å². The average Bonchev–Trinajstić information content (AvgIpc) is 2.79. The van der Waals surface area contributed by atoms with E-state index in [0.29, 0.717) is 0 Å². The summed E-state index contributed by atoms with van der Waals surface area (Å²) in [7, 11) is 0. The van der Waals surface area contributed by atoms with Gasteiger partial charge in [0.25, 0.3) is 0 Å². The first-order chi connectivity index (χ1) is 16.0. The lowest BCUT2D eigenvalue weighted by atomic mass is 9.93. The molecular formula is C29H56O4. The van der Waals surface area contributed by atoms with Crippen molar-refractivity contribution >= 4 is 11.9 Å². The summed E-state index contributed by atoms with van der Waals surface area (Å²) >= 11 is 0. The van der Waals surface area contributed by atoms with Crippen LogP contribution in [0, 0.1) is 11.8 Å². The van der Waals surface area contributed by atoms with Gasteiger partial charge in [0, 0.05) is 0 Å². The predicted molar refractivity (Wildman–Crippen MR) is 140 cm³/mol. The van der Waals surface area contributed by atoms with Gasteiger partial charge in [-0.1, -0.05) is 136 Å². The number of carboxylic acid groups (broad SMARTS) is 2. The van der Waals surface area contributed by atoms with Crippen LogP contribution >= 0.6 is 0 Å². The lowest BCUT2D eigenvalue weighted by molar-refractivity contribution is -0.143. The summed E-state index contributed by atoms with van der Waals surface area (Å²) in [4.78, 5) is 23.0. The second kappa shape index (κ2) is 24.1. The summed E-state index contributed by atoms with van der Waals surface area (Å²) in [5.74, 6) is -1.54. The van der Waals surface area contributed by atoms with E-state index in [-0.39, 0.29) is 11.8 Å². The standard InChI is InChI=1S/C29H56O4/c1-3-5-7-9-14-18-22-26(28(30)31)24-20-16-12-11-13-17-21-25-27(29(32)33)23-19-15-10-8-6-4-2/h26-27H,3-25H2,1-2H3,(H,30,31)(H,32,33). The van der Waals surface area contributed by atoms with Crippen LogP contribution in [-0.4, -0.2) is 22.2 Å². The van der Waals surface area contributed by atoms with E-state index in [1.54, 1.807) is 0 Å². The Morgan fingerprint density at radius 2 is 0.636 bits per heavy atom. The first-order valence-corrected chi connectivity index (χ1v) is 14.5. The molecule has 0 aliphatic carbocycles. The number of aliphatic carboxylic acids is 2. The van der Waals surface area contributed by atoms with Crippen LogP contribution in [0.4, 0.5) is 0 Å². The highest BCUT2D eigenvalue weighted by Crippen LogP contribution is 2.21. The third-order valence-electron chi connectivity index (χ3n) is 7.12. The van der Waals surface area contributed by atoms with E-state index in [9.17, 15) is 19.8 Å². The fourth-order valence-corrected chi connectivity index (χ4v) is 4.79. The Kier molecular flexibility index (Phi) is 23.3. The van der Waals surface area contributed by atoms with Crippen LogP contribution in [0.25, 0.3) is 0 Å². The topological polar surface area (TPSA) is 74.6 Å². The lowest BCUT2D eigenvalue weighted by Gasteiger charge is -2.13. The largest absolute Gasteiger partial charge is 0.481 e. The Hall–Kier alpha value is -1.06. The monoisotopic (exact) mass is 468 g/mol. The molecule has 0 aliphatic heterocycles. The van der Waals surface area contributed by atoms with E-state index in [0.717, 1.165) is 64.2 Å². The lowest BCUT2D eigenvalue weighted by Crippen LogP contribution is -2.13. The van der Waals surface area contributed by atoms with Gasteiger partial charge in [-0.2, -0.15) is 0 Å². The number of unbranched alkanes of at least 4 members (excludes halogenated alkanes) is 16. The third-order valence-corrected chi connectivity index (χ3v) is 7.12. The van der Waals surface area contributed by atoms with Crippen molar-refractivity contribution < 1.29 is 19.8 Å². The molecule has 0 saturated carbocycles. The molecule has 0 saturated heterocycles. The van der Waals surface area contributed by atoms with Crippen molar-refractivity contribution in [2.75, 3.05) is 0 Å². The maximum Gasteiger partial charge on any atom is 0.306 e. The Labute approximate surface area is 205 Å². The molecule has 0 heterocycles. The molecule has 4 heteroatoms. The van der Waals surface area contributed by atoms with Crippen LogP contribution in [0.5, 0.6) is 0 Å². The number of rotatable bonds is 26. The van der Waals surface area contributed by atoms with Crippen LogP contribution in [0.1, 0.15) is 162 Å². The van der Waals surface area contributed by atoms with Crippen molar-refractivity contribution in [1.29, 1.82) is 0 Å². The molecule has 0 aliphatic rings. The van der Waals surface area contributed by atoms with Crippen molar-refractivity contribution in [3.8, 4) is 0 Å². The SMILES string of the molecule is CCCCCCCCC(CCCCCCCCCC(CCCCCCCC)C(=O)O)C(=O)O. The molecule has 4 nitrogen and oxygen atoms in total. The fourth-order valence-electron chi connectivity index (χ4n) is 4.79. The molecule has 0 fully saturated rings. The minimum absolute atomic E-state index is 0.157. The highest BCUT2D eigenvalue weighted by atomic mass is 16.4. The van der Waals surface area contributed by atoms with Gasteiger partial charge in [-0.3, -0.25) is 9.59 Å². The highest BCUT2D eigenvalue weighted by molar-refractivity contribution is 5.70. The molecule has 33 heavy (non-hydrogen) atoms. The third kappa shape index (κ3) is 21.2. The summed E-state index contributed by atoms with van der Waals surface area (Å²) in [5.41, 5.74) is 0. The highest BCUT2D eigenvalue weighted by Gasteiger charge is 2.17. The molecule has 2 N–H and O–H groups in total. The van der Waals surface area contributed by atoms with Crippen molar-refractivity contribution in [2.45, 2.75) is 162 Å². The van der Waals surface area contributed by atoms with Crippen molar-refractivity contribution in [3.63, 3.8) is 0 Å². The first-order valence-electron chi connectivity index (χ1n) is 14.5. The van der Waals surface area contributed by atoms with Gasteiger partial charge in [0.05, 0.1) is 11.8 Å². The summed E-state index contributed by atoms with van der Waals surface area (Å²) in [6, 6.07) is 0. The summed E-state index contributed by atoms with van der Waals surface area (Å²) in [5, 5.41) is 18.9. The van der Waals surface area contributed by atoms with E-state index in [4.69, 9.17) is 0 Å². The predicted octanol–water partition coefficient (Wildman–Crippen LogP) is 9.40. The van der Waals surface area contributed by atoms with Gasteiger partial charge in [-0.05, 0) is 25.7 Å². The molecule has 0 amide bonds. The van der Waals surface area contributed by atoms with Gasteiger partial charge >= 0.3 is 11.9 Å². The number of carboxylic acids is 2. The molecule has 0 spiro atoms. The minimum atomic E-state index is -0.613. The molecule has 0 radical (unpaired) electrons. The Morgan fingerprint density at radius 3 is 0.848 bits per heavy atom. The zero-order valence-corrected chi connectivity index (χ0v) is 22.1. The van der Waals surface area contributed by atoms with Crippen LogP contribution < -0.4 is 0 Å². The van der Waals surface area contributed by atoms with E-state index in [2.05, 4.69) is 13.8 Å². The Balaban J connectivity index is 3.68. The number of carbonyl (C=O) groups is 2. The molecule has 0 aromatic heterocycles. The van der Waals surface area contributed by atoms with Gasteiger partial charge in [0.15, 0.2) is 0 Å². The second-order valence-electron chi connectivity index (χ2n) is 10.2. The van der Waals surface area contributed by atoms with Crippen molar-refractivity contribution in [3.05, 3.63) is 0 Å². The van der Waals surface area contributed by atoms with Gasteiger partial charge in [-0.15, -0.1) is 0 Å². The van der Waals surface area contributed by atoms with E-state index in [1.807, 2.05) is 0 Å². The van der Waals surface area contributed by atoms with Crippen LogP contribution in [0.3, 0.4) is 0 Å². The zero-order chi connectivity index (χ0) is 24.6. The average molecular weight is 469 g/mol. The minimum Gasteiger partial charge on any atom is -0.481 e. The molecule has 0 rings (SSSR count). The van der Waals surface area contributed by atoms with Crippen LogP contribution in [0.2, 0.25) is 0 Å². The van der Waals surface area contributed by atoms with Crippen molar-refractivity contribution in [2.24, 2.45) is 11.8 Å². The molecule has 0 aromatic rings. The number of hydrogen-bond donors (Lipinski definition) is 2. The Morgan fingerprint density at radius 1 is 0.424 bits per heavy atom. The van der Waals surface area contributed by atoms with E-state index in [1.165, 1.54) is 83.5 Å². The van der Waals surface area contributed by atoms with Crippen LogP contribution in [0.15, 0.2) is 0 Å². The van der Waals surface area contributed by atoms with Gasteiger partial charge in [0.1, 0.15) is 0 Å². The molecule has 0 aromatic carbocycles. The van der Waals surface area contributed by atoms with Gasteiger partial charge < -0.3 is 10.2 Å². The maximum absolute atomic E-state index is 11.5. The smallest absolute Gasteiger partial charge is 0.306 e. The maximum atomic E-state index is 11.5. The fraction of sp³-hybridized carbons (Fsp3) is 0.931. The summed E-state index contributed by atoms with van der Waals surface area (Å²) < 4.78 is 0. The van der Waals surface area contributed by atoms with E-state index >= 15 is 0 Å². The normalized spacial score (nSPS) is 13.2. The first kappa shape index (κ1) is 31.9. The second-order valence-corrected chi connectivity index (χ2v) is 10.2. The molecule has 2 unspecified atom stereocenters. The van der Waals surface area contributed by atoms with E-state index < -0.39 is 11.9 Å². The van der Waals surface area contributed by atoms with Gasteiger partial charge in [0.2, 0.25) is 0 Å². The molecule has 196 valence electrons. The molecule has 0 bridgehead atoms. The van der Waals surface area contributed by atoms with Crippen molar-refractivity contribution in [1.82, 2.24) is 0 Å². The summed E-state index contributed by atoms with van der Waals surface area (Å²) in [6.45, 7) is 4.43. The molecular weight excluding hydrogens is 412 g/mol. The molecule has 2 atom stereocenters.